The summed E-state index contributed by atoms with van der Waals surface area (Å²) in [6, 6.07) is 14.5. The first kappa shape index (κ1) is 12.4. The van der Waals surface area contributed by atoms with Crippen LogP contribution in [0.1, 0.15) is 28.4 Å². The van der Waals surface area contributed by atoms with Crippen LogP contribution in [0, 0.1) is 0 Å². The molecule has 0 saturated carbocycles. The van der Waals surface area contributed by atoms with Crippen LogP contribution in [0.15, 0.2) is 48.5 Å². The van der Waals surface area contributed by atoms with Crippen molar-refractivity contribution in [2.75, 3.05) is 0 Å². The van der Waals surface area contributed by atoms with E-state index < -0.39 is 0 Å². The fourth-order valence-electron chi connectivity index (χ4n) is 1.83. The van der Waals surface area contributed by atoms with Gasteiger partial charge in [-0.15, -0.1) is 0 Å². The van der Waals surface area contributed by atoms with Crippen molar-refractivity contribution in [2.24, 2.45) is 0 Å². The Kier molecular flexibility index (Phi) is 3.78. The van der Waals surface area contributed by atoms with E-state index in [1.54, 1.807) is 24.3 Å². The topological polar surface area (TPSA) is 37.3 Å². The van der Waals surface area contributed by atoms with Gasteiger partial charge in [0.2, 0.25) is 0 Å². The first-order valence-electron chi connectivity index (χ1n) is 6.09. The van der Waals surface area contributed by atoms with Crippen molar-refractivity contribution in [1.82, 2.24) is 0 Å². The van der Waals surface area contributed by atoms with Crippen LogP contribution in [-0.4, -0.2) is 10.9 Å². The van der Waals surface area contributed by atoms with Gasteiger partial charge in [-0.25, -0.2) is 0 Å². The van der Waals surface area contributed by atoms with E-state index in [2.05, 4.69) is 6.92 Å². The molecule has 2 heteroatoms. The fraction of sp³-hybridized carbons (Fsp3) is 0.188. The van der Waals surface area contributed by atoms with Crippen molar-refractivity contribution in [2.45, 2.75) is 19.8 Å². The molecule has 2 nitrogen and oxygen atoms in total. The quantitative estimate of drug-likeness (QED) is 0.832. The van der Waals surface area contributed by atoms with E-state index in [-0.39, 0.29) is 11.5 Å². The summed E-state index contributed by atoms with van der Waals surface area (Å²) in [6.07, 6.45) is 1.35. The average molecular weight is 240 g/mol. The normalized spacial score (nSPS) is 10.3. The minimum absolute atomic E-state index is 0.100. The van der Waals surface area contributed by atoms with Crippen molar-refractivity contribution in [1.29, 1.82) is 0 Å². The van der Waals surface area contributed by atoms with Gasteiger partial charge in [-0.3, -0.25) is 4.79 Å². The Labute approximate surface area is 107 Å². The number of aryl methyl sites for hydroxylation is 1. The Morgan fingerprint density at radius 1 is 0.944 bits per heavy atom. The number of hydrogen-bond acceptors (Lipinski definition) is 2. The molecular weight excluding hydrogens is 224 g/mol. The number of phenolic OH excluding ortho intramolecular Hbond substituents is 1. The molecule has 0 aromatic heterocycles. The van der Waals surface area contributed by atoms with E-state index in [9.17, 15) is 9.90 Å². The lowest BCUT2D eigenvalue weighted by Crippen LogP contribution is -2.03. The molecule has 0 bridgehead atoms. The van der Waals surface area contributed by atoms with Crippen LogP contribution < -0.4 is 0 Å². The third kappa shape index (κ3) is 2.98. The number of aromatic hydroxyl groups is 1. The van der Waals surface area contributed by atoms with E-state index in [1.807, 2.05) is 24.3 Å². The highest BCUT2D eigenvalue weighted by Crippen LogP contribution is 2.13. The summed E-state index contributed by atoms with van der Waals surface area (Å²) in [6.45, 7) is 2.09. The second kappa shape index (κ2) is 5.50. The van der Waals surface area contributed by atoms with Crippen LogP contribution in [0.4, 0.5) is 0 Å². The number of phenols is 1. The number of Topliss-reactive ketones (excluding diaryl/α,β-unsaturated/α-hetero) is 1. The third-order valence-electron chi connectivity index (χ3n) is 2.99. The summed E-state index contributed by atoms with van der Waals surface area (Å²) in [5.41, 5.74) is 2.88. The molecule has 2 aromatic carbocycles. The molecule has 0 saturated heterocycles. The van der Waals surface area contributed by atoms with Gasteiger partial charge in [0.05, 0.1) is 0 Å². The molecule has 0 atom stereocenters. The highest BCUT2D eigenvalue weighted by atomic mass is 16.3. The average Bonchev–Trinajstić information content (AvgIpc) is 2.41. The Bertz CT molecular complexity index is 524. The SMILES string of the molecule is CCc1ccc(C(=O)Cc2ccc(O)cc2)cc1. The van der Waals surface area contributed by atoms with E-state index >= 15 is 0 Å². The molecule has 0 fully saturated rings. The number of carbonyl (C=O) groups excluding carboxylic acids is 1. The second-order valence-electron chi connectivity index (χ2n) is 4.32. The molecule has 0 amide bonds. The lowest BCUT2D eigenvalue weighted by molar-refractivity contribution is 0.0993. The first-order valence-corrected chi connectivity index (χ1v) is 6.09. The molecule has 0 unspecified atom stereocenters. The largest absolute Gasteiger partial charge is 0.508 e. The van der Waals surface area contributed by atoms with Crippen LogP contribution in [0.5, 0.6) is 5.75 Å². The Hall–Kier alpha value is -2.09. The third-order valence-corrected chi connectivity index (χ3v) is 2.99. The number of rotatable bonds is 4. The van der Waals surface area contributed by atoms with Crippen molar-refractivity contribution < 1.29 is 9.90 Å². The summed E-state index contributed by atoms with van der Waals surface area (Å²) in [4.78, 5) is 12.0. The lowest BCUT2D eigenvalue weighted by atomic mass is 10.0. The molecule has 92 valence electrons. The molecule has 1 N–H and O–H groups in total. The monoisotopic (exact) mass is 240 g/mol. The van der Waals surface area contributed by atoms with Gasteiger partial charge in [0, 0.05) is 12.0 Å². The molecular formula is C16H16O2. The zero-order chi connectivity index (χ0) is 13.0. The van der Waals surface area contributed by atoms with Crippen LogP contribution in [0.25, 0.3) is 0 Å². The minimum atomic E-state index is 0.100. The molecule has 0 spiro atoms. The number of hydrogen-bond donors (Lipinski definition) is 1. The van der Waals surface area contributed by atoms with Crippen LogP contribution >= 0.6 is 0 Å². The van der Waals surface area contributed by atoms with Gasteiger partial charge in [-0.1, -0.05) is 43.3 Å². The maximum atomic E-state index is 12.0. The molecule has 0 aliphatic heterocycles. The van der Waals surface area contributed by atoms with Gasteiger partial charge >= 0.3 is 0 Å². The molecule has 0 aliphatic carbocycles. The fourth-order valence-corrected chi connectivity index (χ4v) is 1.83. The van der Waals surface area contributed by atoms with Gasteiger partial charge in [-0.2, -0.15) is 0 Å². The molecule has 18 heavy (non-hydrogen) atoms. The van der Waals surface area contributed by atoms with Crippen molar-refractivity contribution >= 4 is 5.78 Å². The minimum Gasteiger partial charge on any atom is -0.508 e. The number of benzene rings is 2. The second-order valence-corrected chi connectivity index (χ2v) is 4.32. The van der Waals surface area contributed by atoms with Crippen LogP contribution in [0.2, 0.25) is 0 Å². The van der Waals surface area contributed by atoms with Gasteiger partial charge in [-0.05, 0) is 29.7 Å². The summed E-state index contributed by atoms with van der Waals surface area (Å²) in [5, 5.41) is 9.18. The molecule has 2 rings (SSSR count). The summed E-state index contributed by atoms with van der Waals surface area (Å²) in [7, 11) is 0. The van der Waals surface area contributed by atoms with Crippen molar-refractivity contribution in [3.63, 3.8) is 0 Å². The maximum Gasteiger partial charge on any atom is 0.167 e. The Balaban J connectivity index is 2.09. The molecule has 0 heterocycles. The lowest BCUT2D eigenvalue weighted by Gasteiger charge is -2.03. The van der Waals surface area contributed by atoms with Crippen molar-refractivity contribution in [3.05, 3.63) is 65.2 Å². The van der Waals surface area contributed by atoms with Gasteiger partial charge in [0.15, 0.2) is 5.78 Å². The van der Waals surface area contributed by atoms with Gasteiger partial charge < -0.3 is 5.11 Å². The van der Waals surface area contributed by atoms with E-state index in [4.69, 9.17) is 0 Å². The Morgan fingerprint density at radius 2 is 1.50 bits per heavy atom. The number of ketones is 1. The summed E-state index contributed by atoms with van der Waals surface area (Å²) >= 11 is 0. The van der Waals surface area contributed by atoms with Gasteiger partial charge in [0.25, 0.3) is 0 Å². The molecule has 0 aliphatic rings. The van der Waals surface area contributed by atoms with Crippen LogP contribution in [0.3, 0.4) is 0 Å². The van der Waals surface area contributed by atoms with E-state index in [1.165, 1.54) is 5.56 Å². The maximum absolute atomic E-state index is 12.0. The molecule has 0 radical (unpaired) electrons. The smallest absolute Gasteiger partial charge is 0.167 e. The van der Waals surface area contributed by atoms with E-state index in [0.717, 1.165) is 17.5 Å². The highest BCUT2D eigenvalue weighted by Gasteiger charge is 2.06. The van der Waals surface area contributed by atoms with Crippen LogP contribution in [-0.2, 0) is 12.8 Å². The summed E-state index contributed by atoms with van der Waals surface area (Å²) < 4.78 is 0. The number of carbonyl (C=O) groups is 1. The first-order chi connectivity index (χ1) is 8.69. The zero-order valence-corrected chi connectivity index (χ0v) is 10.4. The highest BCUT2D eigenvalue weighted by molar-refractivity contribution is 5.97. The van der Waals surface area contributed by atoms with Crippen molar-refractivity contribution in [3.8, 4) is 5.75 Å². The molecule has 2 aromatic rings. The van der Waals surface area contributed by atoms with E-state index in [0.29, 0.717) is 6.42 Å². The predicted molar refractivity (Wildman–Crippen MR) is 72.0 cm³/mol. The predicted octanol–water partition coefficient (Wildman–Crippen LogP) is 3.38. The zero-order valence-electron chi connectivity index (χ0n) is 10.4. The Morgan fingerprint density at radius 3 is 2.06 bits per heavy atom. The standard InChI is InChI=1S/C16H16O2/c1-2-12-3-7-14(8-4-12)16(18)11-13-5-9-15(17)10-6-13/h3-10,17H,2,11H2,1H3. The summed E-state index contributed by atoms with van der Waals surface area (Å²) in [5.74, 6) is 0.321. The van der Waals surface area contributed by atoms with Gasteiger partial charge in [0.1, 0.15) is 5.75 Å².